The molecule has 4 rings (SSSR count). The largest absolute Gasteiger partial charge is 0.465 e. The summed E-state index contributed by atoms with van der Waals surface area (Å²) in [5, 5.41) is 18.0. The van der Waals surface area contributed by atoms with Crippen LogP contribution in [-0.4, -0.2) is 69.7 Å². The lowest BCUT2D eigenvalue weighted by molar-refractivity contribution is 0.0815. The highest BCUT2D eigenvalue weighted by molar-refractivity contribution is 6.76. The summed E-state index contributed by atoms with van der Waals surface area (Å²) in [7, 11) is -1.24. The number of hydrogen-bond acceptors (Lipinski definition) is 6. The number of ether oxygens (including phenoxy) is 1. The predicted molar refractivity (Wildman–Crippen MR) is 140 cm³/mol. The number of halogens is 1. The van der Waals surface area contributed by atoms with E-state index in [2.05, 4.69) is 29.9 Å². The number of para-hydroxylation sites is 1. The van der Waals surface area contributed by atoms with Crippen LogP contribution in [0.4, 0.5) is 15.1 Å². The molecule has 1 aliphatic rings. The van der Waals surface area contributed by atoms with Crippen molar-refractivity contribution in [2.24, 2.45) is 0 Å². The number of hydrogen-bond donors (Lipinski definition) is 2. The third-order valence-electron chi connectivity index (χ3n) is 6.43. The third-order valence-corrected chi connectivity index (χ3v) is 8.13. The van der Waals surface area contributed by atoms with E-state index in [0.717, 1.165) is 24.4 Å². The Balaban J connectivity index is 1.64. The number of nitrogens with one attached hydrogen (secondary N) is 1. The quantitative estimate of drug-likeness (QED) is 0.304. The summed E-state index contributed by atoms with van der Waals surface area (Å²) in [6.07, 6.45) is 3.13. The van der Waals surface area contributed by atoms with Crippen LogP contribution < -0.4 is 5.32 Å². The molecule has 0 aliphatic carbocycles. The lowest BCUT2D eigenvalue weighted by atomic mass is 10.1. The zero-order chi connectivity index (χ0) is 25.9. The van der Waals surface area contributed by atoms with Gasteiger partial charge in [0.25, 0.3) is 0 Å². The van der Waals surface area contributed by atoms with Gasteiger partial charge < -0.3 is 20.1 Å². The molecule has 1 aliphatic heterocycles. The summed E-state index contributed by atoms with van der Waals surface area (Å²) >= 11 is 0. The smallest absolute Gasteiger partial charge is 0.407 e. The molecule has 1 fully saturated rings. The van der Waals surface area contributed by atoms with E-state index in [0.29, 0.717) is 54.4 Å². The second-order valence-corrected chi connectivity index (χ2v) is 16.1. The molecule has 9 nitrogen and oxygen atoms in total. The van der Waals surface area contributed by atoms with Crippen LogP contribution in [0.1, 0.15) is 25.3 Å². The highest BCUT2D eigenvalue weighted by Gasteiger charge is 2.25. The van der Waals surface area contributed by atoms with Crippen molar-refractivity contribution < 1.29 is 19.0 Å². The molecule has 36 heavy (non-hydrogen) atoms. The summed E-state index contributed by atoms with van der Waals surface area (Å²) in [4.78, 5) is 22.0. The molecular weight excluding hydrogens is 479 g/mol. The number of amides is 1. The van der Waals surface area contributed by atoms with Gasteiger partial charge in [-0.2, -0.15) is 5.10 Å². The zero-order valence-electron chi connectivity index (χ0n) is 21.4. The molecule has 2 N–H and O–H groups in total. The Morgan fingerprint density at radius 2 is 2.11 bits per heavy atom. The Kier molecular flexibility index (Phi) is 7.89. The zero-order valence-corrected chi connectivity index (χ0v) is 22.4. The summed E-state index contributed by atoms with van der Waals surface area (Å²) in [6.45, 7) is 10.6. The molecule has 1 atom stereocenters. The van der Waals surface area contributed by atoms with E-state index >= 15 is 0 Å². The number of benzene rings is 1. The number of nitrogens with zero attached hydrogens (tertiary/aromatic N) is 5. The van der Waals surface area contributed by atoms with Crippen LogP contribution in [-0.2, 0) is 17.9 Å². The Morgan fingerprint density at radius 1 is 1.31 bits per heavy atom. The van der Waals surface area contributed by atoms with E-state index in [1.807, 2.05) is 13.0 Å². The third kappa shape index (κ3) is 6.01. The van der Waals surface area contributed by atoms with E-state index in [1.54, 1.807) is 16.9 Å². The minimum absolute atomic E-state index is 0.0818. The Labute approximate surface area is 211 Å². The second kappa shape index (κ2) is 10.9. The SMILES string of the molecule is CCc1cnc(N[C@H]2CCCN(C(=O)O)C2)nc1-c1nn(COCC[Si](C)(C)C)c2c(F)cccc12. The van der Waals surface area contributed by atoms with Crippen molar-refractivity contribution in [1.29, 1.82) is 0 Å². The predicted octanol–water partition coefficient (Wildman–Crippen LogP) is 5.06. The van der Waals surface area contributed by atoms with Crippen molar-refractivity contribution in [3.8, 4) is 11.4 Å². The lowest BCUT2D eigenvalue weighted by Crippen LogP contribution is -2.44. The number of piperidine rings is 1. The topological polar surface area (TPSA) is 105 Å². The van der Waals surface area contributed by atoms with E-state index < -0.39 is 14.2 Å². The average molecular weight is 515 g/mol. The summed E-state index contributed by atoms with van der Waals surface area (Å²) < 4.78 is 22.4. The standard InChI is InChI=1S/C25H35FN6O3Si/c1-5-17-14-27-24(28-18-8-7-11-31(15-18)25(33)34)29-21(17)22-19-9-6-10-20(26)23(19)32(30-22)16-35-12-13-36(2,3)4/h6,9-10,14,18H,5,7-8,11-13,15-16H2,1-4H3,(H,33,34)(H,27,28,29)/t18-/m0/s1. The minimum Gasteiger partial charge on any atom is -0.465 e. The monoisotopic (exact) mass is 514 g/mol. The molecule has 0 bridgehead atoms. The first-order chi connectivity index (χ1) is 17.2. The van der Waals surface area contributed by atoms with Gasteiger partial charge in [-0.25, -0.2) is 23.8 Å². The molecular formula is C25H35FN6O3Si. The molecule has 1 saturated heterocycles. The Morgan fingerprint density at radius 3 is 2.83 bits per heavy atom. The van der Waals surface area contributed by atoms with Crippen LogP contribution in [0.5, 0.6) is 0 Å². The average Bonchev–Trinajstić information content (AvgIpc) is 3.21. The van der Waals surface area contributed by atoms with Gasteiger partial charge in [0.15, 0.2) is 0 Å². The van der Waals surface area contributed by atoms with Crippen LogP contribution in [0.15, 0.2) is 24.4 Å². The molecule has 3 heterocycles. The van der Waals surface area contributed by atoms with Gasteiger partial charge in [-0.05, 0) is 36.9 Å². The Bertz CT molecular complexity index is 1230. The van der Waals surface area contributed by atoms with E-state index in [9.17, 15) is 14.3 Å². The fourth-order valence-electron chi connectivity index (χ4n) is 4.38. The van der Waals surface area contributed by atoms with E-state index in [1.165, 1.54) is 11.0 Å². The van der Waals surface area contributed by atoms with Crippen LogP contribution in [0.25, 0.3) is 22.3 Å². The van der Waals surface area contributed by atoms with Crippen molar-refractivity contribution in [2.75, 3.05) is 25.0 Å². The van der Waals surface area contributed by atoms with Crippen LogP contribution in [0, 0.1) is 5.82 Å². The fourth-order valence-corrected chi connectivity index (χ4v) is 5.14. The first kappa shape index (κ1) is 26.0. The molecule has 1 amide bonds. The molecule has 194 valence electrons. The number of carboxylic acid groups (broad SMARTS) is 1. The first-order valence-corrected chi connectivity index (χ1v) is 16.2. The molecule has 1 aromatic carbocycles. The number of likely N-dealkylation sites (tertiary alicyclic amines) is 1. The van der Waals surface area contributed by atoms with Crippen molar-refractivity contribution >= 4 is 31.0 Å². The number of fused-ring (bicyclic) bond motifs is 1. The molecule has 0 radical (unpaired) electrons. The van der Waals surface area contributed by atoms with E-state index in [-0.39, 0.29) is 18.6 Å². The number of aromatic nitrogens is 4. The molecule has 11 heteroatoms. The van der Waals surface area contributed by atoms with Gasteiger partial charge in [0.05, 0.1) is 5.69 Å². The van der Waals surface area contributed by atoms with Crippen LogP contribution in [0.3, 0.4) is 0 Å². The van der Waals surface area contributed by atoms with Crippen molar-refractivity contribution in [1.82, 2.24) is 24.6 Å². The maximum Gasteiger partial charge on any atom is 0.407 e. The van der Waals surface area contributed by atoms with Gasteiger partial charge in [-0.3, -0.25) is 0 Å². The van der Waals surface area contributed by atoms with Gasteiger partial charge in [0.1, 0.15) is 23.8 Å². The lowest BCUT2D eigenvalue weighted by Gasteiger charge is -2.31. The van der Waals surface area contributed by atoms with Gasteiger partial charge in [-0.15, -0.1) is 0 Å². The molecule has 0 unspecified atom stereocenters. The summed E-state index contributed by atoms with van der Waals surface area (Å²) in [5.74, 6) is 0.0476. The highest BCUT2D eigenvalue weighted by Crippen LogP contribution is 2.31. The summed E-state index contributed by atoms with van der Waals surface area (Å²) in [5.41, 5.74) is 2.50. The van der Waals surface area contributed by atoms with Crippen LogP contribution in [0.2, 0.25) is 25.7 Å². The fraction of sp³-hybridized carbons (Fsp3) is 0.520. The minimum atomic E-state index is -1.24. The molecule has 3 aromatic rings. The maximum absolute atomic E-state index is 14.9. The number of rotatable bonds is 9. The van der Waals surface area contributed by atoms with Crippen molar-refractivity contribution in [3.63, 3.8) is 0 Å². The van der Waals surface area contributed by atoms with Crippen LogP contribution >= 0.6 is 0 Å². The Hall–Kier alpha value is -3.05. The normalized spacial score (nSPS) is 16.5. The van der Waals surface area contributed by atoms with Gasteiger partial charge in [0.2, 0.25) is 5.95 Å². The molecule has 2 aromatic heterocycles. The summed E-state index contributed by atoms with van der Waals surface area (Å²) in [6, 6.07) is 5.88. The molecule has 0 spiro atoms. The number of carbonyl (C=O) groups is 1. The number of aryl methyl sites for hydroxylation is 1. The maximum atomic E-state index is 14.9. The first-order valence-electron chi connectivity index (χ1n) is 12.5. The van der Waals surface area contributed by atoms with Crippen molar-refractivity contribution in [3.05, 3.63) is 35.8 Å². The van der Waals surface area contributed by atoms with Gasteiger partial charge in [0, 0.05) is 45.4 Å². The highest BCUT2D eigenvalue weighted by atomic mass is 28.3. The number of anilines is 1. The molecule has 0 saturated carbocycles. The van der Waals surface area contributed by atoms with E-state index in [4.69, 9.17) is 14.8 Å². The van der Waals surface area contributed by atoms with Crippen molar-refractivity contribution in [2.45, 2.75) is 64.6 Å². The van der Waals surface area contributed by atoms with Gasteiger partial charge >= 0.3 is 6.09 Å². The second-order valence-electron chi connectivity index (χ2n) is 10.5. The van der Waals surface area contributed by atoms with Gasteiger partial charge in [-0.1, -0.05) is 38.7 Å².